The summed E-state index contributed by atoms with van der Waals surface area (Å²) in [5.41, 5.74) is 1.18. The molecule has 0 radical (unpaired) electrons. The molecule has 3 N–H and O–H groups in total. The highest BCUT2D eigenvalue weighted by molar-refractivity contribution is 7.80. The second-order valence-corrected chi connectivity index (χ2v) is 7.08. The van der Waals surface area contributed by atoms with E-state index in [4.69, 9.17) is 40.2 Å². The third-order valence-electron chi connectivity index (χ3n) is 3.72. The average Bonchev–Trinajstić information content (AvgIpc) is 2.61. The number of aliphatic carboxylic acids is 1. The van der Waals surface area contributed by atoms with Gasteiger partial charge < -0.3 is 20.5 Å². The number of halogens is 2. The van der Waals surface area contributed by atoms with E-state index in [1.807, 2.05) is 0 Å². The maximum absolute atomic E-state index is 11.8. The third-order valence-corrected chi connectivity index (χ3v) is 4.50. The van der Waals surface area contributed by atoms with Crippen LogP contribution in [0.25, 0.3) is 0 Å². The Labute approximate surface area is 182 Å². The number of esters is 1. The van der Waals surface area contributed by atoms with Crippen LogP contribution in [-0.2, 0) is 9.53 Å². The predicted octanol–water partition coefficient (Wildman–Crippen LogP) is 3.77. The van der Waals surface area contributed by atoms with Crippen molar-refractivity contribution in [1.29, 1.82) is 0 Å². The van der Waals surface area contributed by atoms with Crippen LogP contribution < -0.4 is 10.6 Å². The van der Waals surface area contributed by atoms with Crippen LogP contribution in [0, 0.1) is 6.92 Å². The fraction of sp³-hybridized carbons (Fsp3) is 0.278. The summed E-state index contributed by atoms with van der Waals surface area (Å²) in [6.45, 7) is 3.58. The van der Waals surface area contributed by atoms with E-state index < -0.39 is 18.0 Å². The number of aromatic nitrogens is 2. The van der Waals surface area contributed by atoms with Gasteiger partial charge in [0, 0.05) is 16.2 Å². The SMILES string of the molecule is CCOC(=O)c1cnc(NC(=S)N[C@@H](CC(=O)O)c2ccc(Cl)cc2Cl)nc1C. The molecule has 0 aliphatic carbocycles. The third kappa shape index (κ3) is 6.52. The fourth-order valence-electron chi connectivity index (χ4n) is 2.43. The van der Waals surface area contributed by atoms with Crippen molar-refractivity contribution in [3.63, 3.8) is 0 Å². The zero-order valence-electron chi connectivity index (χ0n) is 15.5. The number of ether oxygens (including phenoxy) is 1. The molecule has 0 saturated heterocycles. The summed E-state index contributed by atoms with van der Waals surface area (Å²) in [4.78, 5) is 31.3. The Bertz CT molecular complexity index is 942. The summed E-state index contributed by atoms with van der Waals surface area (Å²) in [7, 11) is 0. The van der Waals surface area contributed by atoms with Crippen molar-refractivity contribution in [3.05, 3.63) is 51.3 Å². The van der Waals surface area contributed by atoms with Gasteiger partial charge in [-0.15, -0.1) is 0 Å². The lowest BCUT2D eigenvalue weighted by Crippen LogP contribution is -2.34. The van der Waals surface area contributed by atoms with Gasteiger partial charge in [0.15, 0.2) is 5.11 Å². The molecule has 154 valence electrons. The minimum absolute atomic E-state index is 0.0885. The standard InChI is InChI=1S/C18H18Cl2N4O4S/c1-3-28-16(27)12-8-21-17(22-9(12)2)24-18(29)23-14(7-15(25)26)11-5-4-10(19)6-13(11)20/h4-6,8,14H,3,7H2,1-2H3,(H,25,26)(H2,21,22,23,24,29)/t14-/m0/s1. The minimum Gasteiger partial charge on any atom is -0.481 e. The van der Waals surface area contributed by atoms with Crippen molar-refractivity contribution in [1.82, 2.24) is 15.3 Å². The zero-order valence-corrected chi connectivity index (χ0v) is 17.9. The maximum atomic E-state index is 11.8. The number of aryl methyl sites for hydroxylation is 1. The summed E-state index contributed by atoms with van der Waals surface area (Å²) in [5.74, 6) is -1.41. The van der Waals surface area contributed by atoms with Gasteiger partial charge in [0.1, 0.15) is 0 Å². The lowest BCUT2D eigenvalue weighted by Gasteiger charge is -2.20. The first-order valence-corrected chi connectivity index (χ1v) is 9.62. The van der Waals surface area contributed by atoms with Crippen LogP contribution >= 0.6 is 35.4 Å². The Morgan fingerprint density at radius 2 is 2.07 bits per heavy atom. The molecule has 1 atom stereocenters. The second kappa shape index (κ2) is 10.3. The predicted molar refractivity (Wildman–Crippen MR) is 114 cm³/mol. The monoisotopic (exact) mass is 456 g/mol. The van der Waals surface area contributed by atoms with E-state index in [-0.39, 0.29) is 29.7 Å². The zero-order chi connectivity index (χ0) is 21.6. The molecule has 0 aliphatic rings. The van der Waals surface area contributed by atoms with Gasteiger partial charge in [-0.25, -0.2) is 14.8 Å². The number of nitrogens with one attached hydrogen (secondary N) is 2. The summed E-state index contributed by atoms with van der Waals surface area (Å²) in [6.07, 6.45) is 1.06. The molecule has 0 saturated carbocycles. The lowest BCUT2D eigenvalue weighted by atomic mass is 10.0. The van der Waals surface area contributed by atoms with E-state index >= 15 is 0 Å². The van der Waals surface area contributed by atoms with Crippen LogP contribution in [0.5, 0.6) is 0 Å². The van der Waals surface area contributed by atoms with E-state index in [9.17, 15) is 14.7 Å². The molecule has 0 spiro atoms. The quantitative estimate of drug-likeness (QED) is 0.422. The van der Waals surface area contributed by atoms with Crippen molar-refractivity contribution in [3.8, 4) is 0 Å². The number of thiocarbonyl (C=S) groups is 1. The molecule has 1 aromatic heterocycles. The number of benzene rings is 1. The van der Waals surface area contributed by atoms with Crippen molar-refractivity contribution >= 4 is 58.4 Å². The molecule has 0 bridgehead atoms. The summed E-state index contributed by atoms with van der Waals surface area (Å²) in [6, 6.07) is 4.04. The molecule has 0 amide bonds. The highest BCUT2D eigenvalue weighted by Gasteiger charge is 2.20. The van der Waals surface area contributed by atoms with Crippen LogP contribution in [0.1, 0.15) is 41.0 Å². The van der Waals surface area contributed by atoms with Crippen LogP contribution in [0.2, 0.25) is 10.0 Å². The lowest BCUT2D eigenvalue weighted by molar-refractivity contribution is -0.137. The maximum Gasteiger partial charge on any atom is 0.341 e. The molecule has 1 aromatic carbocycles. The smallest absolute Gasteiger partial charge is 0.341 e. The Hall–Kier alpha value is -2.49. The van der Waals surface area contributed by atoms with Crippen LogP contribution in [0.15, 0.2) is 24.4 Å². The highest BCUT2D eigenvalue weighted by atomic mass is 35.5. The molecule has 11 heteroatoms. The largest absolute Gasteiger partial charge is 0.481 e. The van der Waals surface area contributed by atoms with E-state index in [2.05, 4.69) is 20.6 Å². The van der Waals surface area contributed by atoms with Gasteiger partial charge in [-0.1, -0.05) is 29.3 Å². The van der Waals surface area contributed by atoms with Gasteiger partial charge in [0.25, 0.3) is 0 Å². The van der Waals surface area contributed by atoms with Crippen molar-refractivity contribution in [2.75, 3.05) is 11.9 Å². The van der Waals surface area contributed by atoms with Crippen molar-refractivity contribution in [2.24, 2.45) is 0 Å². The number of hydrogen-bond acceptors (Lipinski definition) is 6. The molecule has 1 heterocycles. The average molecular weight is 457 g/mol. The van der Waals surface area contributed by atoms with Crippen LogP contribution in [0.4, 0.5) is 5.95 Å². The molecule has 2 rings (SSSR count). The number of carboxylic acids is 1. The summed E-state index contributed by atoms with van der Waals surface area (Å²) >= 11 is 17.3. The number of hydrogen-bond donors (Lipinski definition) is 3. The second-order valence-electron chi connectivity index (χ2n) is 5.83. The molecule has 0 aliphatic heterocycles. The van der Waals surface area contributed by atoms with E-state index in [1.165, 1.54) is 12.3 Å². The van der Waals surface area contributed by atoms with E-state index in [1.54, 1.807) is 26.0 Å². The molecule has 8 nitrogen and oxygen atoms in total. The molecule has 0 fully saturated rings. The summed E-state index contributed by atoms with van der Waals surface area (Å²) in [5, 5.41) is 15.7. The van der Waals surface area contributed by atoms with Gasteiger partial charge in [0.05, 0.1) is 30.3 Å². The number of carbonyl (C=O) groups excluding carboxylic acids is 1. The van der Waals surface area contributed by atoms with Gasteiger partial charge >= 0.3 is 11.9 Å². The fourth-order valence-corrected chi connectivity index (χ4v) is 3.20. The van der Waals surface area contributed by atoms with Crippen LogP contribution in [-0.4, -0.2) is 38.7 Å². The number of anilines is 1. The number of rotatable bonds is 7. The topological polar surface area (TPSA) is 113 Å². The Morgan fingerprint density at radius 3 is 2.66 bits per heavy atom. The van der Waals surface area contributed by atoms with Gasteiger partial charge in [0.2, 0.25) is 5.95 Å². The van der Waals surface area contributed by atoms with E-state index in [0.717, 1.165) is 0 Å². The summed E-state index contributed by atoms with van der Waals surface area (Å²) < 4.78 is 4.93. The van der Waals surface area contributed by atoms with Crippen LogP contribution in [0.3, 0.4) is 0 Å². The highest BCUT2D eigenvalue weighted by Crippen LogP contribution is 2.28. The van der Waals surface area contributed by atoms with Gasteiger partial charge in [-0.05, 0) is 43.8 Å². The number of carboxylic acid groups (broad SMARTS) is 1. The molecular weight excluding hydrogens is 439 g/mol. The van der Waals surface area contributed by atoms with Gasteiger partial charge in [-0.3, -0.25) is 4.79 Å². The molecule has 2 aromatic rings. The number of carbonyl (C=O) groups is 2. The van der Waals surface area contributed by atoms with Crippen molar-refractivity contribution in [2.45, 2.75) is 26.3 Å². The first-order valence-electron chi connectivity index (χ1n) is 8.46. The minimum atomic E-state index is -1.04. The van der Waals surface area contributed by atoms with Gasteiger partial charge in [-0.2, -0.15) is 0 Å². The first kappa shape index (κ1) is 22.8. The first-order chi connectivity index (χ1) is 13.7. The Balaban J connectivity index is 2.15. The Morgan fingerprint density at radius 1 is 1.34 bits per heavy atom. The molecule has 0 unspecified atom stereocenters. The van der Waals surface area contributed by atoms with Crippen molar-refractivity contribution < 1.29 is 19.4 Å². The Kier molecular flexibility index (Phi) is 8.12. The normalized spacial score (nSPS) is 11.4. The molecular formula is C18H18Cl2N4O4S. The number of nitrogens with zero attached hydrogens (tertiary/aromatic N) is 2. The molecule has 29 heavy (non-hydrogen) atoms. The van der Waals surface area contributed by atoms with E-state index in [0.29, 0.717) is 21.3 Å².